The van der Waals surface area contributed by atoms with Crippen molar-refractivity contribution in [1.82, 2.24) is 0 Å². The molecule has 4 nitrogen and oxygen atoms in total. The summed E-state index contributed by atoms with van der Waals surface area (Å²) >= 11 is 0. The van der Waals surface area contributed by atoms with Crippen LogP contribution in [0.25, 0.3) is 0 Å². The average Bonchev–Trinajstić information content (AvgIpc) is 3.23. The van der Waals surface area contributed by atoms with E-state index in [0.717, 1.165) is 35.7 Å². The largest absolute Gasteiger partial charge is 0.497 e. The molecule has 1 heterocycles. The molecule has 154 valence electrons. The highest BCUT2D eigenvalue weighted by atomic mass is 16.5. The van der Waals surface area contributed by atoms with Crippen molar-refractivity contribution in [2.24, 2.45) is 5.92 Å². The molecule has 0 radical (unpaired) electrons. The van der Waals surface area contributed by atoms with Gasteiger partial charge in [0.15, 0.2) is 5.78 Å². The Bertz CT molecular complexity index is 985. The van der Waals surface area contributed by atoms with E-state index in [1.807, 2.05) is 54.6 Å². The number of ketones is 1. The van der Waals surface area contributed by atoms with Crippen LogP contribution in [0.5, 0.6) is 11.5 Å². The van der Waals surface area contributed by atoms with Crippen molar-refractivity contribution in [3.05, 3.63) is 90.0 Å². The zero-order valence-electron chi connectivity index (χ0n) is 17.5. The Balaban J connectivity index is 1.65. The van der Waals surface area contributed by atoms with Gasteiger partial charge in [-0.1, -0.05) is 42.5 Å². The minimum Gasteiger partial charge on any atom is -0.497 e. The third kappa shape index (κ3) is 4.18. The molecule has 1 fully saturated rings. The molecule has 0 saturated carbocycles. The number of carbonyl (C=O) groups excluding carboxylic acids is 1. The number of anilines is 1. The van der Waals surface area contributed by atoms with Gasteiger partial charge in [-0.2, -0.15) is 0 Å². The molecular formula is C26H27NO3. The minimum atomic E-state index is 0.112. The van der Waals surface area contributed by atoms with Gasteiger partial charge in [0, 0.05) is 24.2 Å². The van der Waals surface area contributed by atoms with E-state index in [1.54, 1.807) is 14.2 Å². The van der Waals surface area contributed by atoms with Gasteiger partial charge in [-0.15, -0.1) is 0 Å². The Morgan fingerprint density at radius 1 is 0.900 bits per heavy atom. The predicted octanol–water partition coefficient (Wildman–Crippen LogP) is 5.54. The molecule has 3 aromatic carbocycles. The molecular weight excluding hydrogens is 374 g/mol. The molecule has 3 aromatic rings. The van der Waals surface area contributed by atoms with Gasteiger partial charge in [-0.25, -0.2) is 0 Å². The molecule has 0 N–H and O–H groups in total. The van der Waals surface area contributed by atoms with Crippen molar-refractivity contribution in [3.63, 3.8) is 0 Å². The number of methoxy groups -OCH3 is 2. The third-order valence-corrected chi connectivity index (χ3v) is 5.91. The van der Waals surface area contributed by atoms with E-state index in [-0.39, 0.29) is 17.7 Å². The van der Waals surface area contributed by atoms with E-state index in [9.17, 15) is 4.79 Å². The van der Waals surface area contributed by atoms with Crippen molar-refractivity contribution < 1.29 is 14.3 Å². The van der Waals surface area contributed by atoms with E-state index in [1.165, 1.54) is 5.56 Å². The summed E-state index contributed by atoms with van der Waals surface area (Å²) in [5, 5.41) is 0. The number of hydrogen-bond acceptors (Lipinski definition) is 4. The van der Waals surface area contributed by atoms with E-state index in [4.69, 9.17) is 9.47 Å². The van der Waals surface area contributed by atoms with Gasteiger partial charge in [-0.05, 0) is 54.3 Å². The van der Waals surface area contributed by atoms with Crippen LogP contribution in [0.4, 0.5) is 5.69 Å². The van der Waals surface area contributed by atoms with Crippen LogP contribution in [-0.2, 0) is 0 Å². The van der Waals surface area contributed by atoms with Gasteiger partial charge >= 0.3 is 0 Å². The normalized spacial score (nSPS) is 18.3. The van der Waals surface area contributed by atoms with E-state index < -0.39 is 0 Å². The van der Waals surface area contributed by atoms with Crippen molar-refractivity contribution in [2.75, 3.05) is 25.7 Å². The van der Waals surface area contributed by atoms with E-state index in [0.29, 0.717) is 6.42 Å². The fourth-order valence-electron chi connectivity index (χ4n) is 4.39. The summed E-state index contributed by atoms with van der Waals surface area (Å²) in [6, 6.07) is 26.1. The minimum absolute atomic E-state index is 0.112. The molecule has 2 atom stereocenters. The topological polar surface area (TPSA) is 38.8 Å². The van der Waals surface area contributed by atoms with Crippen LogP contribution in [0.1, 0.15) is 34.8 Å². The van der Waals surface area contributed by atoms with Gasteiger partial charge in [0.25, 0.3) is 0 Å². The van der Waals surface area contributed by atoms with Gasteiger partial charge in [-0.3, -0.25) is 4.79 Å². The molecule has 0 bridgehead atoms. The lowest BCUT2D eigenvalue weighted by Crippen LogP contribution is -2.26. The first-order chi connectivity index (χ1) is 14.7. The SMILES string of the molecule is COc1ccc(N2CC[C@@H](CC(=O)c3ccccc3)[C@@H]2c2cccc(OC)c2)cc1. The van der Waals surface area contributed by atoms with Gasteiger partial charge in [0.2, 0.25) is 0 Å². The summed E-state index contributed by atoms with van der Waals surface area (Å²) in [4.78, 5) is 15.4. The Hall–Kier alpha value is -3.27. The predicted molar refractivity (Wildman–Crippen MR) is 120 cm³/mol. The summed E-state index contributed by atoms with van der Waals surface area (Å²) in [5.41, 5.74) is 3.09. The smallest absolute Gasteiger partial charge is 0.163 e. The second-order valence-electron chi connectivity index (χ2n) is 7.65. The molecule has 4 heteroatoms. The summed E-state index contributed by atoms with van der Waals surface area (Å²) in [7, 11) is 3.36. The standard InChI is InChI=1S/C26H27NO3/c1-29-23-13-11-22(12-14-23)27-16-15-21(18-25(28)19-7-4-3-5-8-19)26(27)20-9-6-10-24(17-20)30-2/h3-14,17,21,26H,15-16,18H2,1-2H3/t21-,26-/m0/s1. The van der Waals surface area contributed by atoms with Crippen LogP contribution >= 0.6 is 0 Å². The van der Waals surface area contributed by atoms with Crippen molar-refractivity contribution in [2.45, 2.75) is 18.9 Å². The lowest BCUT2D eigenvalue weighted by molar-refractivity contribution is 0.0958. The quantitative estimate of drug-likeness (QED) is 0.487. The highest BCUT2D eigenvalue weighted by molar-refractivity contribution is 5.96. The molecule has 4 rings (SSSR count). The molecule has 1 aliphatic rings. The highest BCUT2D eigenvalue weighted by Crippen LogP contribution is 2.43. The van der Waals surface area contributed by atoms with Crippen LogP contribution < -0.4 is 14.4 Å². The molecule has 0 aromatic heterocycles. The van der Waals surface area contributed by atoms with Gasteiger partial charge in [0.05, 0.1) is 20.3 Å². The Kier molecular flexibility index (Phi) is 6.03. The summed E-state index contributed by atoms with van der Waals surface area (Å²) in [5.74, 6) is 2.10. The molecule has 0 amide bonds. The van der Waals surface area contributed by atoms with Gasteiger partial charge < -0.3 is 14.4 Å². The number of nitrogens with zero attached hydrogens (tertiary/aromatic N) is 1. The maximum atomic E-state index is 13.0. The molecule has 0 spiro atoms. The molecule has 1 aliphatic heterocycles. The maximum absolute atomic E-state index is 13.0. The zero-order valence-corrected chi connectivity index (χ0v) is 17.5. The number of benzene rings is 3. The number of carbonyl (C=O) groups is 1. The van der Waals surface area contributed by atoms with Crippen molar-refractivity contribution in [1.29, 1.82) is 0 Å². The number of Topliss-reactive ketones (excluding diaryl/α,β-unsaturated/α-hetero) is 1. The third-order valence-electron chi connectivity index (χ3n) is 5.91. The highest BCUT2D eigenvalue weighted by Gasteiger charge is 2.37. The molecule has 1 saturated heterocycles. The fourth-order valence-corrected chi connectivity index (χ4v) is 4.39. The van der Waals surface area contributed by atoms with Crippen LogP contribution in [0, 0.1) is 5.92 Å². The van der Waals surface area contributed by atoms with Gasteiger partial charge in [0.1, 0.15) is 11.5 Å². The maximum Gasteiger partial charge on any atom is 0.163 e. The Labute approximate surface area is 178 Å². The molecule has 0 unspecified atom stereocenters. The Morgan fingerprint density at radius 2 is 1.63 bits per heavy atom. The first-order valence-electron chi connectivity index (χ1n) is 10.3. The number of ether oxygens (including phenoxy) is 2. The summed E-state index contributed by atoms with van der Waals surface area (Å²) in [6.45, 7) is 0.904. The van der Waals surface area contributed by atoms with E-state index >= 15 is 0 Å². The second kappa shape index (κ2) is 9.04. The number of hydrogen-bond donors (Lipinski definition) is 0. The summed E-state index contributed by atoms with van der Waals surface area (Å²) in [6.07, 6.45) is 1.49. The fraction of sp³-hybridized carbons (Fsp3) is 0.269. The molecule has 30 heavy (non-hydrogen) atoms. The number of rotatable bonds is 7. The monoisotopic (exact) mass is 401 g/mol. The van der Waals surface area contributed by atoms with Crippen molar-refractivity contribution in [3.8, 4) is 11.5 Å². The lowest BCUT2D eigenvalue weighted by Gasteiger charge is -2.31. The van der Waals surface area contributed by atoms with Crippen molar-refractivity contribution >= 4 is 11.5 Å². The van der Waals surface area contributed by atoms with Crippen LogP contribution in [0.3, 0.4) is 0 Å². The average molecular weight is 402 g/mol. The first kappa shape index (κ1) is 20.0. The molecule has 0 aliphatic carbocycles. The summed E-state index contributed by atoms with van der Waals surface area (Å²) < 4.78 is 10.8. The van der Waals surface area contributed by atoms with Crippen LogP contribution in [0.2, 0.25) is 0 Å². The Morgan fingerprint density at radius 3 is 2.33 bits per heavy atom. The van der Waals surface area contributed by atoms with Crippen LogP contribution in [0.15, 0.2) is 78.9 Å². The first-order valence-corrected chi connectivity index (χ1v) is 10.3. The van der Waals surface area contributed by atoms with Crippen LogP contribution in [-0.4, -0.2) is 26.5 Å². The second-order valence-corrected chi connectivity index (χ2v) is 7.65. The van der Waals surface area contributed by atoms with E-state index in [2.05, 4.69) is 29.2 Å². The lowest BCUT2D eigenvalue weighted by atomic mass is 9.87. The zero-order chi connectivity index (χ0) is 20.9.